The van der Waals surface area contributed by atoms with E-state index in [1.54, 1.807) is 0 Å². The van der Waals surface area contributed by atoms with Gasteiger partial charge in [-0.3, -0.25) is 0 Å². The lowest BCUT2D eigenvalue weighted by Crippen LogP contribution is -2.43. The van der Waals surface area contributed by atoms with Crippen LogP contribution in [0.2, 0.25) is 5.02 Å². The van der Waals surface area contributed by atoms with Gasteiger partial charge >= 0.3 is 0 Å². The number of para-hydroxylation sites is 1. The third kappa shape index (κ3) is 3.48. The smallest absolute Gasteiger partial charge is 0.0643 e. The zero-order chi connectivity index (χ0) is 14.5. The molecule has 1 saturated heterocycles. The van der Waals surface area contributed by atoms with Crippen LogP contribution in [0.3, 0.4) is 0 Å². The van der Waals surface area contributed by atoms with Crippen molar-refractivity contribution >= 4 is 17.3 Å². The van der Waals surface area contributed by atoms with Gasteiger partial charge in [-0.05, 0) is 50.3 Å². The predicted molar refractivity (Wildman–Crippen MR) is 88.7 cm³/mol. The van der Waals surface area contributed by atoms with Crippen LogP contribution >= 0.6 is 11.6 Å². The van der Waals surface area contributed by atoms with Gasteiger partial charge in [0.25, 0.3) is 0 Å². The Labute approximate surface area is 128 Å². The molecule has 2 unspecified atom stereocenters. The Balaban J connectivity index is 2.24. The minimum absolute atomic E-state index is 0.563. The fraction of sp³-hybridized carbons (Fsp3) is 0.647. The Kier molecular flexibility index (Phi) is 5.74. The third-order valence-corrected chi connectivity index (χ3v) is 4.78. The van der Waals surface area contributed by atoms with Crippen LogP contribution in [0.5, 0.6) is 0 Å². The molecule has 0 aliphatic carbocycles. The first-order valence-corrected chi connectivity index (χ1v) is 8.27. The number of rotatable bonds is 5. The summed E-state index contributed by atoms with van der Waals surface area (Å²) < 4.78 is 0. The highest BCUT2D eigenvalue weighted by Crippen LogP contribution is 2.36. The van der Waals surface area contributed by atoms with Crippen molar-refractivity contribution < 1.29 is 0 Å². The standard InChI is InChI=1S/C17H27ClN2/c1-4-10-19-12-15-8-5-9-16(18)17(15)20-11-6-7-13(2)14(20)3/h5,8-9,13-14,19H,4,6-7,10-12H2,1-3H3. The molecule has 0 bridgehead atoms. The first-order valence-electron chi connectivity index (χ1n) is 7.90. The van der Waals surface area contributed by atoms with E-state index in [4.69, 9.17) is 11.6 Å². The molecule has 1 aliphatic rings. The minimum atomic E-state index is 0.563. The Morgan fingerprint density at radius 3 is 2.90 bits per heavy atom. The Morgan fingerprint density at radius 2 is 2.15 bits per heavy atom. The van der Waals surface area contributed by atoms with Crippen LogP contribution in [0, 0.1) is 5.92 Å². The molecule has 1 heterocycles. The fourth-order valence-electron chi connectivity index (χ4n) is 3.08. The maximum Gasteiger partial charge on any atom is 0.0643 e. The van der Waals surface area contributed by atoms with Crippen LogP contribution in [0.15, 0.2) is 18.2 Å². The monoisotopic (exact) mass is 294 g/mol. The van der Waals surface area contributed by atoms with Gasteiger partial charge in [0, 0.05) is 19.1 Å². The normalized spacial score (nSPS) is 23.1. The van der Waals surface area contributed by atoms with Crippen LogP contribution in [0.4, 0.5) is 5.69 Å². The molecule has 0 amide bonds. The number of nitrogens with zero attached hydrogens (tertiary/aromatic N) is 1. The zero-order valence-corrected chi connectivity index (χ0v) is 13.7. The van der Waals surface area contributed by atoms with E-state index in [0.717, 1.165) is 37.0 Å². The molecule has 1 fully saturated rings. The second kappa shape index (κ2) is 7.33. The van der Waals surface area contributed by atoms with E-state index in [1.807, 2.05) is 6.07 Å². The van der Waals surface area contributed by atoms with Gasteiger partial charge in [-0.15, -0.1) is 0 Å². The molecule has 1 N–H and O–H groups in total. The Bertz CT molecular complexity index is 433. The lowest BCUT2D eigenvalue weighted by atomic mass is 9.91. The number of nitrogens with one attached hydrogen (secondary N) is 1. The van der Waals surface area contributed by atoms with E-state index in [2.05, 4.69) is 43.1 Å². The van der Waals surface area contributed by atoms with Crippen LogP contribution in [0.25, 0.3) is 0 Å². The van der Waals surface area contributed by atoms with Gasteiger partial charge in [0.1, 0.15) is 0 Å². The first kappa shape index (κ1) is 15.7. The molecule has 0 radical (unpaired) electrons. The molecule has 1 aromatic rings. The van der Waals surface area contributed by atoms with Gasteiger partial charge in [0.2, 0.25) is 0 Å². The van der Waals surface area contributed by atoms with Crippen molar-refractivity contribution in [3.8, 4) is 0 Å². The molecular weight excluding hydrogens is 268 g/mol. The van der Waals surface area contributed by atoms with Gasteiger partial charge < -0.3 is 10.2 Å². The Morgan fingerprint density at radius 1 is 1.35 bits per heavy atom. The van der Waals surface area contributed by atoms with Crippen molar-refractivity contribution in [2.75, 3.05) is 18.0 Å². The number of halogens is 1. The van der Waals surface area contributed by atoms with Gasteiger partial charge in [0.05, 0.1) is 10.7 Å². The van der Waals surface area contributed by atoms with E-state index in [9.17, 15) is 0 Å². The van der Waals surface area contributed by atoms with Crippen LogP contribution in [-0.2, 0) is 6.54 Å². The summed E-state index contributed by atoms with van der Waals surface area (Å²) in [6.07, 6.45) is 3.75. The van der Waals surface area contributed by atoms with E-state index < -0.39 is 0 Å². The average Bonchev–Trinajstić information content (AvgIpc) is 2.43. The molecule has 0 saturated carbocycles. The number of benzene rings is 1. The molecule has 1 aromatic carbocycles. The summed E-state index contributed by atoms with van der Waals surface area (Å²) in [5.41, 5.74) is 2.57. The average molecular weight is 295 g/mol. The van der Waals surface area contributed by atoms with Crippen molar-refractivity contribution in [1.82, 2.24) is 5.32 Å². The first-order chi connectivity index (χ1) is 9.65. The van der Waals surface area contributed by atoms with Crippen molar-refractivity contribution in [2.45, 2.75) is 52.6 Å². The summed E-state index contributed by atoms with van der Waals surface area (Å²) in [4.78, 5) is 2.51. The van der Waals surface area contributed by atoms with Crippen molar-refractivity contribution in [3.63, 3.8) is 0 Å². The lowest BCUT2D eigenvalue weighted by molar-refractivity contribution is 0.363. The van der Waals surface area contributed by atoms with E-state index in [0.29, 0.717) is 6.04 Å². The van der Waals surface area contributed by atoms with Crippen molar-refractivity contribution in [2.24, 2.45) is 5.92 Å². The summed E-state index contributed by atoms with van der Waals surface area (Å²) >= 11 is 6.52. The summed E-state index contributed by atoms with van der Waals surface area (Å²) in [6, 6.07) is 6.85. The summed E-state index contributed by atoms with van der Waals surface area (Å²) in [6.45, 7) is 9.95. The van der Waals surface area contributed by atoms with Crippen LogP contribution < -0.4 is 10.2 Å². The number of anilines is 1. The molecule has 20 heavy (non-hydrogen) atoms. The molecule has 0 spiro atoms. The van der Waals surface area contributed by atoms with Gasteiger partial charge in [-0.1, -0.05) is 37.6 Å². The van der Waals surface area contributed by atoms with Crippen LogP contribution in [0.1, 0.15) is 45.6 Å². The van der Waals surface area contributed by atoms with Gasteiger partial charge in [-0.2, -0.15) is 0 Å². The second-order valence-electron chi connectivity index (χ2n) is 5.98. The summed E-state index contributed by atoms with van der Waals surface area (Å²) in [5.74, 6) is 0.733. The zero-order valence-electron chi connectivity index (χ0n) is 13.0. The molecule has 1 aliphatic heterocycles. The highest BCUT2D eigenvalue weighted by molar-refractivity contribution is 6.33. The maximum atomic E-state index is 6.52. The topological polar surface area (TPSA) is 15.3 Å². The molecule has 3 heteroatoms. The SMILES string of the molecule is CCCNCc1cccc(Cl)c1N1CCCC(C)C1C. The lowest BCUT2D eigenvalue weighted by Gasteiger charge is -2.41. The summed E-state index contributed by atoms with van der Waals surface area (Å²) in [7, 11) is 0. The molecule has 2 nitrogen and oxygen atoms in total. The highest BCUT2D eigenvalue weighted by Gasteiger charge is 2.27. The quantitative estimate of drug-likeness (QED) is 0.806. The molecule has 0 aromatic heterocycles. The van der Waals surface area contributed by atoms with Gasteiger partial charge in [-0.25, -0.2) is 0 Å². The third-order valence-electron chi connectivity index (χ3n) is 4.47. The van der Waals surface area contributed by atoms with Crippen molar-refractivity contribution in [3.05, 3.63) is 28.8 Å². The molecule has 112 valence electrons. The Hall–Kier alpha value is -0.730. The van der Waals surface area contributed by atoms with Crippen molar-refractivity contribution in [1.29, 1.82) is 0 Å². The van der Waals surface area contributed by atoms with E-state index in [-0.39, 0.29) is 0 Å². The maximum absolute atomic E-state index is 6.52. The fourth-order valence-corrected chi connectivity index (χ4v) is 3.38. The van der Waals surface area contributed by atoms with E-state index in [1.165, 1.54) is 24.1 Å². The molecule has 2 rings (SSSR count). The minimum Gasteiger partial charge on any atom is -0.367 e. The number of piperidine rings is 1. The second-order valence-corrected chi connectivity index (χ2v) is 6.39. The largest absolute Gasteiger partial charge is 0.367 e. The molecule has 2 atom stereocenters. The predicted octanol–water partition coefficient (Wildman–Crippen LogP) is 4.46. The van der Waals surface area contributed by atoms with Crippen LogP contribution in [-0.4, -0.2) is 19.1 Å². The van der Waals surface area contributed by atoms with E-state index >= 15 is 0 Å². The molecular formula is C17H27ClN2. The van der Waals surface area contributed by atoms with Gasteiger partial charge in [0.15, 0.2) is 0 Å². The highest BCUT2D eigenvalue weighted by atomic mass is 35.5. The number of hydrogen-bond donors (Lipinski definition) is 1. The number of hydrogen-bond acceptors (Lipinski definition) is 2. The summed E-state index contributed by atoms with van der Waals surface area (Å²) in [5, 5.41) is 4.39.